The molecule has 0 bridgehead atoms. The van der Waals surface area contributed by atoms with Crippen molar-refractivity contribution in [2.24, 2.45) is 11.8 Å². The molecule has 19 heteroatoms. The number of carbonyl (C=O) groups excluding carboxylic acids is 8. The summed E-state index contributed by atoms with van der Waals surface area (Å²) in [6, 6.07) is 18.3. The van der Waals surface area contributed by atoms with Gasteiger partial charge in [0.2, 0.25) is 0 Å². The molecule has 8 atom stereocenters. The first kappa shape index (κ1) is 74.5. The van der Waals surface area contributed by atoms with Crippen LogP contribution in [0.4, 0.5) is 8.78 Å². The molecule has 1 N–H and O–H groups in total. The molecule has 0 saturated heterocycles. The average molecular weight is 1220 g/mol. The Hall–Kier alpha value is -6.76. The van der Waals surface area contributed by atoms with Crippen molar-refractivity contribution < 1.29 is 70.8 Å². The maximum atomic E-state index is 15.7. The number of hydrogen-bond acceptors (Lipinski definition) is 14. The van der Waals surface area contributed by atoms with E-state index >= 15 is 8.78 Å². The number of hydrogen-bond donors (Lipinski definition) is 1. The third kappa shape index (κ3) is 24.4. The van der Waals surface area contributed by atoms with Gasteiger partial charge in [-0.15, -0.1) is 0 Å². The van der Waals surface area contributed by atoms with Crippen LogP contribution in [0.25, 0.3) is 0 Å². The molecule has 0 heterocycles. The quantitative estimate of drug-likeness (QED) is 0.0470. The molecule has 3 aromatic carbocycles. The second kappa shape index (κ2) is 32.5. The van der Waals surface area contributed by atoms with Gasteiger partial charge in [-0.05, 0) is 125 Å². The number of esters is 5. The highest BCUT2D eigenvalue weighted by Gasteiger charge is 2.43. The van der Waals surface area contributed by atoms with Crippen LogP contribution in [0, 0.1) is 11.8 Å². The molecule has 0 aromatic heterocycles. The lowest BCUT2D eigenvalue weighted by Gasteiger charge is -2.34. The fraction of sp³-hybridized carbons (Fsp3) is 0.618. The third-order valence-corrected chi connectivity index (χ3v) is 15.0. The molecule has 0 unspecified atom stereocenters. The van der Waals surface area contributed by atoms with E-state index in [1.807, 2.05) is 71.0 Å². The molecule has 3 amide bonds. The predicted molar refractivity (Wildman–Crippen MR) is 330 cm³/mol. The van der Waals surface area contributed by atoms with Crippen LogP contribution in [0.5, 0.6) is 0 Å². The molecule has 3 rings (SSSR count). The highest BCUT2D eigenvalue weighted by atomic mass is 19.1. The van der Waals surface area contributed by atoms with Gasteiger partial charge < -0.3 is 43.7 Å². The van der Waals surface area contributed by atoms with Crippen LogP contribution in [0.1, 0.15) is 171 Å². The molecule has 0 aliphatic heterocycles. The Kier molecular flexibility index (Phi) is 27.8. The van der Waals surface area contributed by atoms with Crippen LogP contribution in [0.2, 0.25) is 0 Å². The number of ether oxygens (including phenoxy) is 5. The Morgan fingerprint density at radius 2 is 0.885 bits per heavy atom. The fourth-order valence-corrected chi connectivity index (χ4v) is 9.61. The average Bonchev–Trinajstić information content (AvgIpc) is 2.65. The largest absolute Gasteiger partial charge is 0.458 e. The minimum absolute atomic E-state index is 0.0158. The lowest BCUT2D eigenvalue weighted by Crippen LogP contribution is -2.54. The van der Waals surface area contributed by atoms with Gasteiger partial charge in [-0.3, -0.25) is 19.2 Å². The Morgan fingerprint density at radius 1 is 0.471 bits per heavy atom. The maximum Gasteiger partial charge on any atom is 0.347 e. The van der Waals surface area contributed by atoms with E-state index in [0.29, 0.717) is 23.1 Å². The monoisotopic (exact) mass is 1220 g/mol. The summed E-state index contributed by atoms with van der Waals surface area (Å²) in [5.74, 6) is -7.56. The van der Waals surface area contributed by atoms with Gasteiger partial charge in [0.1, 0.15) is 42.1 Å². The van der Waals surface area contributed by atoms with E-state index in [9.17, 15) is 38.4 Å². The number of amides is 3. The molecule has 484 valence electrons. The van der Waals surface area contributed by atoms with Crippen LogP contribution >= 0.6 is 0 Å². The van der Waals surface area contributed by atoms with Crippen LogP contribution in [-0.4, -0.2) is 150 Å². The van der Waals surface area contributed by atoms with Crippen molar-refractivity contribution in [1.29, 1.82) is 0 Å². The summed E-state index contributed by atoms with van der Waals surface area (Å²) in [5.41, 5.74) is -0.393. The summed E-state index contributed by atoms with van der Waals surface area (Å²) in [6.07, 6.45) is -7.18. The fourth-order valence-electron chi connectivity index (χ4n) is 9.61. The summed E-state index contributed by atoms with van der Waals surface area (Å²) in [7, 11) is 5.47. The van der Waals surface area contributed by atoms with Crippen molar-refractivity contribution in [2.45, 2.75) is 233 Å². The SMILES string of the molecule is CN[C@@H](CC(C)C)C(=O)O[C@H](Cc1ccc(C(C)(C)C)cc1)C(=O)N(C)[C@@H](CCC(C)(C)F)C(=O)O[C@H](C)C(=O)N(C)[C@@H](CC(C)C)C(=O)O[C@H](Cc1ccc(C(C)(C)C)cc1)C(=O)N(C)[C@@H](CC(C)(C)F)C(=O)O[C@H](C)C(=O)OCc1ccccc1. The summed E-state index contributed by atoms with van der Waals surface area (Å²) >= 11 is 0. The Balaban J connectivity index is 2.02. The van der Waals surface area contributed by atoms with E-state index in [0.717, 1.165) is 25.8 Å². The van der Waals surface area contributed by atoms with Crippen LogP contribution in [0.15, 0.2) is 78.9 Å². The zero-order chi connectivity index (χ0) is 66.1. The first-order valence-electron chi connectivity index (χ1n) is 30.2. The smallest absolute Gasteiger partial charge is 0.347 e. The number of benzene rings is 3. The van der Waals surface area contributed by atoms with Gasteiger partial charge in [0.05, 0.1) is 0 Å². The number of carbonyl (C=O) groups is 8. The molecular formula is C68H100F2N4O13. The van der Waals surface area contributed by atoms with Gasteiger partial charge in [0.15, 0.2) is 24.4 Å². The standard InChI is InChI=1S/C68H100F2N4O13/c1-42(2)36-51(71-17)61(79)86-55(38-46-26-30-49(31-27-46)65(7,8)9)58(76)72(18)52(34-35-67(13,14)69)62(80)84-44(5)57(75)73(19)53(37-43(3)4)63(81)87-56(39-47-28-32-50(33-29-47)66(10,11)12)59(77)74(20)54(40-68(15,16)70)64(82)85-45(6)60(78)83-41-48-24-22-21-23-25-48/h21-33,42-45,51-56,71H,34-41H2,1-20H3/t44-,45-,51+,52+,53+,54+,55-,56-/m1/s1. The summed E-state index contributed by atoms with van der Waals surface area (Å²) in [5, 5.41) is 2.97. The van der Waals surface area contributed by atoms with Gasteiger partial charge in [0, 0.05) is 40.4 Å². The van der Waals surface area contributed by atoms with Crippen LogP contribution in [0.3, 0.4) is 0 Å². The molecule has 0 radical (unpaired) electrons. The zero-order valence-corrected chi connectivity index (χ0v) is 55.3. The van der Waals surface area contributed by atoms with E-state index in [1.165, 1.54) is 62.7 Å². The van der Waals surface area contributed by atoms with Gasteiger partial charge in [-0.25, -0.2) is 28.0 Å². The molecule has 0 spiro atoms. The maximum absolute atomic E-state index is 15.7. The molecule has 0 fully saturated rings. The first-order chi connectivity index (χ1) is 40.1. The zero-order valence-electron chi connectivity index (χ0n) is 55.3. The van der Waals surface area contributed by atoms with Crippen molar-refractivity contribution >= 4 is 47.6 Å². The highest BCUT2D eigenvalue weighted by molar-refractivity contribution is 5.93. The minimum atomic E-state index is -2.06. The number of nitrogens with one attached hydrogen (secondary N) is 1. The predicted octanol–water partition coefficient (Wildman–Crippen LogP) is 10.3. The Bertz CT molecular complexity index is 2750. The Labute approximate surface area is 516 Å². The second-order valence-electron chi connectivity index (χ2n) is 27.1. The molecule has 87 heavy (non-hydrogen) atoms. The van der Waals surface area contributed by atoms with Gasteiger partial charge >= 0.3 is 29.8 Å². The highest BCUT2D eigenvalue weighted by Crippen LogP contribution is 2.28. The first-order valence-corrected chi connectivity index (χ1v) is 30.2. The summed E-state index contributed by atoms with van der Waals surface area (Å²) < 4.78 is 59.8. The van der Waals surface area contributed by atoms with Crippen LogP contribution in [-0.2, 0) is 92.3 Å². The van der Waals surface area contributed by atoms with E-state index in [2.05, 4.69) is 26.1 Å². The third-order valence-electron chi connectivity index (χ3n) is 15.0. The van der Waals surface area contributed by atoms with E-state index in [1.54, 1.807) is 63.4 Å². The molecule has 0 aliphatic rings. The molecule has 3 aromatic rings. The van der Waals surface area contributed by atoms with Crippen molar-refractivity contribution in [3.05, 3.63) is 107 Å². The van der Waals surface area contributed by atoms with Crippen molar-refractivity contribution in [3.63, 3.8) is 0 Å². The van der Waals surface area contributed by atoms with Crippen molar-refractivity contribution in [3.8, 4) is 0 Å². The normalized spacial score (nSPS) is 14.9. The summed E-state index contributed by atoms with van der Waals surface area (Å²) in [6.45, 7) is 27.2. The second-order valence-corrected chi connectivity index (χ2v) is 27.1. The van der Waals surface area contributed by atoms with Gasteiger partial charge in [-0.1, -0.05) is 148 Å². The number of nitrogens with zero attached hydrogens (tertiary/aromatic N) is 3. The number of likely N-dealkylation sites (N-methyl/N-ethyl adjacent to an activating group) is 4. The topological polar surface area (TPSA) is 204 Å². The van der Waals surface area contributed by atoms with E-state index < -0.39 is 114 Å². The molecular weight excluding hydrogens is 1120 g/mol. The number of halogens is 2. The van der Waals surface area contributed by atoms with Crippen molar-refractivity contribution in [1.82, 2.24) is 20.0 Å². The van der Waals surface area contributed by atoms with Gasteiger partial charge in [0.25, 0.3) is 17.7 Å². The number of alkyl halides is 2. The lowest BCUT2D eigenvalue weighted by atomic mass is 9.86. The lowest BCUT2D eigenvalue weighted by molar-refractivity contribution is -0.176. The van der Waals surface area contributed by atoms with Crippen LogP contribution < -0.4 is 5.32 Å². The minimum Gasteiger partial charge on any atom is -0.458 e. The number of rotatable bonds is 31. The van der Waals surface area contributed by atoms with Crippen molar-refractivity contribution in [2.75, 3.05) is 28.2 Å². The van der Waals surface area contributed by atoms with E-state index in [-0.39, 0.29) is 61.4 Å². The molecule has 0 saturated carbocycles. The van der Waals surface area contributed by atoms with E-state index in [4.69, 9.17) is 23.7 Å². The van der Waals surface area contributed by atoms with Gasteiger partial charge in [-0.2, -0.15) is 0 Å². The Morgan fingerprint density at radius 3 is 1.31 bits per heavy atom. The molecule has 0 aliphatic carbocycles. The summed E-state index contributed by atoms with van der Waals surface area (Å²) in [4.78, 5) is 117. The molecule has 17 nitrogen and oxygen atoms in total.